The third-order valence-corrected chi connectivity index (χ3v) is 2.28. The van der Waals surface area contributed by atoms with Crippen LogP contribution in [0.25, 0.3) is 0 Å². The van der Waals surface area contributed by atoms with Gasteiger partial charge in [-0.2, -0.15) is 4.98 Å². The summed E-state index contributed by atoms with van der Waals surface area (Å²) in [5, 5.41) is 3.44. The normalized spacial score (nSPS) is 10.2. The molecule has 1 heterocycles. The van der Waals surface area contributed by atoms with Gasteiger partial charge in [0.15, 0.2) is 0 Å². The van der Waals surface area contributed by atoms with E-state index < -0.39 is 0 Å². The average Bonchev–Trinajstić information content (AvgIpc) is 2.65. The van der Waals surface area contributed by atoms with Crippen molar-refractivity contribution >= 4 is 27.7 Å². The number of carbonyl (C=O) groups is 1. The molecule has 1 aromatic carbocycles. The van der Waals surface area contributed by atoms with E-state index in [0.717, 1.165) is 4.47 Å². The molecule has 2 aromatic rings. The van der Waals surface area contributed by atoms with Gasteiger partial charge in [0.1, 0.15) is 0 Å². The van der Waals surface area contributed by atoms with Gasteiger partial charge in [-0.15, -0.1) is 0 Å². The monoisotopic (exact) mass is 267 g/mol. The Bertz CT molecular complexity index is 492. The second-order valence-electron chi connectivity index (χ2n) is 2.79. The Kier molecular flexibility index (Phi) is 2.51. The van der Waals surface area contributed by atoms with E-state index in [1.165, 1.54) is 0 Å². The van der Waals surface area contributed by atoms with Crippen LogP contribution in [0.1, 0.15) is 16.2 Å². The maximum absolute atomic E-state index is 11.7. The molecular formula is C9H6BrN3O2. The summed E-state index contributed by atoms with van der Waals surface area (Å²) < 4.78 is 5.41. The van der Waals surface area contributed by atoms with Gasteiger partial charge in [-0.25, -0.2) is 0 Å². The fraction of sp³-hybridized carbons (Fsp3) is 0. The van der Waals surface area contributed by atoms with E-state index >= 15 is 0 Å². The van der Waals surface area contributed by atoms with Crippen molar-refractivity contribution < 1.29 is 9.32 Å². The minimum atomic E-state index is -0.317. The Hall–Kier alpha value is -1.69. The van der Waals surface area contributed by atoms with Gasteiger partial charge in [0.2, 0.25) is 11.6 Å². The predicted octanol–water partition coefficient (Wildman–Crippen LogP) is 1.65. The van der Waals surface area contributed by atoms with E-state index in [2.05, 4.69) is 30.6 Å². The lowest BCUT2D eigenvalue weighted by atomic mass is 10.1. The Morgan fingerprint density at radius 2 is 2.00 bits per heavy atom. The molecular weight excluding hydrogens is 262 g/mol. The summed E-state index contributed by atoms with van der Waals surface area (Å²) in [4.78, 5) is 15.4. The third-order valence-electron chi connectivity index (χ3n) is 1.75. The lowest BCUT2D eigenvalue weighted by molar-refractivity contribution is 0.102. The molecule has 0 bridgehead atoms. The van der Waals surface area contributed by atoms with Crippen molar-refractivity contribution in [1.82, 2.24) is 10.1 Å². The smallest absolute Gasteiger partial charge is 0.319 e. The number of hydrogen-bond acceptors (Lipinski definition) is 5. The summed E-state index contributed by atoms with van der Waals surface area (Å²) in [5.74, 6) is -0.349. The molecule has 2 rings (SSSR count). The van der Waals surface area contributed by atoms with Crippen LogP contribution >= 0.6 is 15.9 Å². The number of aromatic nitrogens is 2. The number of rotatable bonds is 2. The molecule has 76 valence electrons. The Labute approximate surface area is 93.4 Å². The van der Waals surface area contributed by atoms with E-state index in [0.29, 0.717) is 5.56 Å². The maximum atomic E-state index is 11.7. The maximum Gasteiger partial charge on any atom is 0.319 e. The molecule has 0 saturated carbocycles. The molecule has 0 unspecified atom stereocenters. The Balaban J connectivity index is 2.32. The average molecular weight is 268 g/mol. The van der Waals surface area contributed by atoms with Gasteiger partial charge in [0.25, 0.3) is 0 Å². The number of carbonyl (C=O) groups excluding carboxylic acids is 1. The van der Waals surface area contributed by atoms with Crippen molar-refractivity contribution in [2.75, 3.05) is 5.73 Å². The number of hydrogen-bond donors (Lipinski definition) is 1. The van der Waals surface area contributed by atoms with Gasteiger partial charge in [-0.3, -0.25) is 4.79 Å². The summed E-state index contributed by atoms with van der Waals surface area (Å²) in [6.45, 7) is 0. The first-order valence-corrected chi connectivity index (χ1v) is 4.85. The minimum absolute atomic E-state index is 0.0326. The first-order chi connectivity index (χ1) is 7.16. The first-order valence-electron chi connectivity index (χ1n) is 4.06. The minimum Gasteiger partial charge on any atom is -0.351 e. The van der Waals surface area contributed by atoms with E-state index in [1.54, 1.807) is 24.3 Å². The lowest BCUT2D eigenvalue weighted by Crippen LogP contribution is -2.03. The molecule has 15 heavy (non-hydrogen) atoms. The Morgan fingerprint density at radius 1 is 1.33 bits per heavy atom. The zero-order valence-electron chi connectivity index (χ0n) is 7.48. The molecule has 0 saturated heterocycles. The summed E-state index contributed by atoms with van der Waals surface area (Å²) >= 11 is 3.27. The molecule has 2 N–H and O–H groups in total. The highest BCUT2D eigenvalue weighted by Crippen LogP contribution is 2.13. The highest BCUT2D eigenvalue weighted by atomic mass is 79.9. The number of ketones is 1. The molecule has 0 radical (unpaired) electrons. The van der Waals surface area contributed by atoms with Crippen LogP contribution in [0, 0.1) is 0 Å². The summed E-state index contributed by atoms with van der Waals surface area (Å²) in [6, 6.07) is 6.74. The number of nitrogens with two attached hydrogens (primary N) is 1. The van der Waals surface area contributed by atoms with Crippen LogP contribution in [0.3, 0.4) is 0 Å². The van der Waals surface area contributed by atoms with Gasteiger partial charge in [-0.1, -0.05) is 21.1 Å². The molecule has 6 heteroatoms. The fourth-order valence-electron chi connectivity index (χ4n) is 1.06. The van der Waals surface area contributed by atoms with Gasteiger partial charge in [0.05, 0.1) is 0 Å². The molecule has 0 aliphatic rings. The summed E-state index contributed by atoms with van der Waals surface area (Å²) in [7, 11) is 0. The molecule has 0 fully saturated rings. The van der Waals surface area contributed by atoms with Crippen LogP contribution in [-0.2, 0) is 0 Å². The van der Waals surface area contributed by atoms with Crippen LogP contribution in [0.2, 0.25) is 0 Å². The fourth-order valence-corrected chi connectivity index (χ4v) is 1.32. The number of nitrogens with zero attached hydrogens (tertiary/aromatic N) is 2. The summed E-state index contributed by atoms with van der Waals surface area (Å²) in [6.07, 6.45) is 0. The van der Waals surface area contributed by atoms with Gasteiger partial charge < -0.3 is 10.3 Å². The zero-order valence-corrected chi connectivity index (χ0v) is 9.06. The van der Waals surface area contributed by atoms with Crippen molar-refractivity contribution in [3.63, 3.8) is 0 Å². The molecule has 0 spiro atoms. The standard InChI is InChI=1S/C9H6BrN3O2/c10-6-3-1-5(2-4-6)7(14)8-12-9(11)15-13-8/h1-4H,(H2,11,12,13). The summed E-state index contributed by atoms with van der Waals surface area (Å²) in [5.41, 5.74) is 5.70. The van der Waals surface area contributed by atoms with Crippen molar-refractivity contribution in [2.24, 2.45) is 0 Å². The van der Waals surface area contributed by atoms with Crippen LogP contribution in [0.5, 0.6) is 0 Å². The van der Waals surface area contributed by atoms with Crippen LogP contribution in [0.15, 0.2) is 33.3 Å². The lowest BCUT2D eigenvalue weighted by Gasteiger charge is -1.95. The van der Waals surface area contributed by atoms with Gasteiger partial charge >= 0.3 is 6.01 Å². The van der Waals surface area contributed by atoms with Gasteiger partial charge in [-0.05, 0) is 24.3 Å². The van der Waals surface area contributed by atoms with Crippen molar-refractivity contribution in [3.8, 4) is 0 Å². The molecule has 0 aliphatic heterocycles. The van der Waals surface area contributed by atoms with Crippen LogP contribution < -0.4 is 5.73 Å². The largest absolute Gasteiger partial charge is 0.351 e. The van der Waals surface area contributed by atoms with Crippen LogP contribution in [-0.4, -0.2) is 15.9 Å². The van der Waals surface area contributed by atoms with E-state index in [-0.39, 0.29) is 17.6 Å². The zero-order chi connectivity index (χ0) is 10.8. The topological polar surface area (TPSA) is 82.0 Å². The number of halogens is 1. The van der Waals surface area contributed by atoms with E-state index in [9.17, 15) is 4.79 Å². The molecule has 1 aromatic heterocycles. The molecule has 0 atom stereocenters. The van der Waals surface area contributed by atoms with E-state index in [1.807, 2.05) is 0 Å². The highest BCUT2D eigenvalue weighted by Gasteiger charge is 2.15. The molecule has 5 nitrogen and oxygen atoms in total. The molecule has 0 aliphatic carbocycles. The number of nitrogen functional groups attached to an aromatic ring is 1. The van der Waals surface area contributed by atoms with Crippen molar-refractivity contribution in [1.29, 1.82) is 0 Å². The number of anilines is 1. The van der Waals surface area contributed by atoms with Crippen molar-refractivity contribution in [2.45, 2.75) is 0 Å². The second kappa shape index (κ2) is 3.82. The van der Waals surface area contributed by atoms with Crippen molar-refractivity contribution in [3.05, 3.63) is 40.1 Å². The van der Waals surface area contributed by atoms with E-state index in [4.69, 9.17) is 5.73 Å². The quantitative estimate of drug-likeness (QED) is 0.837. The number of benzene rings is 1. The predicted molar refractivity (Wildman–Crippen MR) is 56.3 cm³/mol. The molecule has 0 amide bonds. The third kappa shape index (κ3) is 2.04. The highest BCUT2D eigenvalue weighted by molar-refractivity contribution is 9.10. The Morgan fingerprint density at radius 3 is 2.53 bits per heavy atom. The second-order valence-corrected chi connectivity index (χ2v) is 3.71. The van der Waals surface area contributed by atoms with Crippen LogP contribution in [0.4, 0.5) is 6.01 Å². The van der Waals surface area contributed by atoms with Gasteiger partial charge in [0, 0.05) is 10.0 Å². The SMILES string of the molecule is Nc1nc(C(=O)c2ccc(Br)cc2)no1. The first kappa shape index (κ1) is 9.85.